The van der Waals surface area contributed by atoms with Gasteiger partial charge in [0.25, 0.3) is 0 Å². The summed E-state index contributed by atoms with van der Waals surface area (Å²) in [6.45, 7) is 3.54. The first-order valence-electron chi connectivity index (χ1n) is 8.55. The molecule has 150 valence electrons. The third-order valence-corrected chi connectivity index (χ3v) is 6.97. The zero-order chi connectivity index (χ0) is 20.4. The van der Waals surface area contributed by atoms with Crippen LogP contribution < -0.4 is 4.46 Å². The van der Waals surface area contributed by atoms with Crippen molar-refractivity contribution in [3.63, 3.8) is 0 Å². The molecule has 1 rings (SSSR count). The molecule has 0 spiro atoms. The molecule has 0 fully saturated rings. The van der Waals surface area contributed by atoms with E-state index in [9.17, 15) is 19.5 Å². The van der Waals surface area contributed by atoms with Gasteiger partial charge >= 0.3 is 165 Å². The van der Waals surface area contributed by atoms with E-state index in [1.807, 2.05) is 30.3 Å². The van der Waals surface area contributed by atoms with Gasteiger partial charge in [0.05, 0.1) is 0 Å². The molecule has 1 aromatic rings. The Morgan fingerprint density at radius 2 is 1.63 bits per heavy atom. The number of aliphatic hydroxyl groups is 1. The normalized spacial score (nSPS) is 14.1. The number of aliphatic hydroxyl groups excluding tert-OH is 1. The van der Waals surface area contributed by atoms with Gasteiger partial charge in [0.1, 0.15) is 0 Å². The second-order valence-corrected chi connectivity index (χ2v) is 9.13. The summed E-state index contributed by atoms with van der Waals surface area (Å²) in [6, 6.07) is 9.36. The second kappa shape index (κ2) is 11.1. The summed E-state index contributed by atoms with van der Waals surface area (Å²) in [5.74, 6) is -3.12. The van der Waals surface area contributed by atoms with Crippen LogP contribution in [0.1, 0.15) is 26.7 Å². The Labute approximate surface area is 165 Å². The van der Waals surface area contributed by atoms with Crippen molar-refractivity contribution in [3.05, 3.63) is 30.3 Å². The second-order valence-electron chi connectivity index (χ2n) is 5.93. The Kier molecular flexibility index (Phi) is 9.49. The minimum absolute atomic E-state index is 0.000375. The van der Waals surface area contributed by atoms with E-state index in [1.54, 1.807) is 13.8 Å². The molecule has 0 saturated heterocycles. The van der Waals surface area contributed by atoms with Crippen LogP contribution in [0.15, 0.2) is 30.3 Å². The van der Waals surface area contributed by atoms with E-state index in [0.29, 0.717) is 0 Å². The van der Waals surface area contributed by atoms with Crippen LogP contribution in [0.3, 0.4) is 0 Å². The summed E-state index contributed by atoms with van der Waals surface area (Å²) in [5, 5.41) is 10.8. The molecule has 27 heavy (non-hydrogen) atoms. The van der Waals surface area contributed by atoms with E-state index in [2.05, 4.69) is 9.47 Å². The van der Waals surface area contributed by atoms with Crippen molar-refractivity contribution in [2.24, 2.45) is 5.92 Å². The van der Waals surface area contributed by atoms with Crippen LogP contribution in [0.25, 0.3) is 0 Å². The van der Waals surface area contributed by atoms with E-state index in [-0.39, 0.29) is 19.4 Å². The molecule has 7 nitrogen and oxygen atoms in total. The number of hydrogen-bond acceptors (Lipinski definition) is 7. The predicted octanol–water partition coefficient (Wildman–Crippen LogP) is 0.861. The molecule has 0 amide bonds. The Hall–Kier alpha value is -1.89. The zero-order valence-electron chi connectivity index (χ0n) is 16.0. The first kappa shape index (κ1) is 23.1. The van der Waals surface area contributed by atoms with Gasteiger partial charge in [0, 0.05) is 0 Å². The van der Waals surface area contributed by atoms with Crippen molar-refractivity contribution >= 4 is 37.3 Å². The molecule has 2 atom stereocenters. The fourth-order valence-electron chi connectivity index (χ4n) is 2.47. The van der Waals surface area contributed by atoms with Gasteiger partial charge in [-0.25, -0.2) is 0 Å². The average molecular weight is 445 g/mol. The quantitative estimate of drug-likeness (QED) is 0.247. The van der Waals surface area contributed by atoms with E-state index in [1.165, 1.54) is 14.2 Å². The van der Waals surface area contributed by atoms with Crippen molar-refractivity contribution in [3.8, 4) is 0 Å². The Bertz CT molecular complexity index is 618. The summed E-state index contributed by atoms with van der Waals surface area (Å²) in [6.07, 6.45) is -1.06. The van der Waals surface area contributed by atoms with E-state index >= 15 is 0 Å². The SMILES string of the molecule is CCOC(=O)C(C)([Se]c1ccccc1)C(O)CCC(C(=O)OC)C(=O)OC. The molecular weight excluding hydrogens is 419 g/mol. The van der Waals surface area contributed by atoms with E-state index in [4.69, 9.17) is 4.74 Å². The van der Waals surface area contributed by atoms with Gasteiger partial charge in [-0.2, -0.15) is 0 Å². The molecule has 0 radical (unpaired) electrons. The fourth-order valence-corrected chi connectivity index (χ4v) is 4.94. The third kappa shape index (κ3) is 6.34. The van der Waals surface area contributed by atoms with Crippen molar-refractivity contribution in [1.82, 2.24) is 0 Å². The van der Waals surface area contributed by atoms with Gasteiger partial charge in [-0.15, -0.1) is 0 Å². The number of carbonyl (C=O) groups excluding carboxylic acids is 3. The summed E-state index contributed by atoms with van der Waals surface area (Å²) < 4.78 is 14.2. The molecule has 8 heteroatoms. The molecule has 0 heterocycles. The zero-order valence-corrected chi connectivity index (χ0v) is 17.7. The Balaban J connectivity index is 2.98. The predicted molar refractivity (Wildman–Crippen MR) is 99.6 cm³/mol. The molecular formula is C19H26O7Se. The van der Waals surface area contributed by atoms with E-state index in [0.717, 1.165) is 4.46 Å². The van der Waals surface area contributed by atoms with Crippen molar-refractivity contribution < 1.29 is 33.7 Å². The van der Waals surface area contributed by atoms with Gasteiger partial charge in [-0.1, -0.05) is 0 Å². The topological polar surface area (TPSA) is 99.1 Å². The van der Waals surface area contributed by atoms with Gasteiger partial charge < -0.3 is 0 Å². The Morgan fingerprint density at radius 3 is 2.11 bits per heavy atom. The van der Waals surface area contributed by atoms with Crippen LogP contribution in [0.5, 0.6) is 0 Å². The maximum absolute atomic E-state index is 12.6. The number of hydrogen-bond donors (Lipinski definition) is 1. The van der Waals surface area contributed by atoms with Gasteiger partial charge in [-0.05, 0) is 0 Å². The summed E-state index contributed by atoms with van der Waals surface area (Å²) >= 11 is -0.425. The molecule has 0 saturated carbocycles. The van der Waals surface area contributed by atoms with Gasteiger partial charge in [-0.3, -0.25) is 0 Å². The molecule has 1 aromatic carbocycles. The van der Waals surface area contributed by atoms with Crippen molar-refractivity contribution in [2.45, 2.75) is 37.1 Å². The number of esters is 3. The van der Waals surface area contributed by atoms with Crippen LogP contribution in [0.2, 0.25) is 4.31 Å². The van der Waals surface area contributed by atoms with Gasteiger partial charge in [0.2, 0.25) is 0 Å². The standard InChI is InChI=1S/C19H26O7Se/c1-5-26-18(23)19(2,27-13-9-7-6-8-10-13)15(20)12-11-14(16(21)24-3)17(22)25-4/h6-10,14-15,20H,5,11-12H2,1-4H3. The summed E-state index contributed by atoms with van der Waals surface area (Å²) in [4.78, 5) is 36.2. The molecule has 0 aliphatic carbocycles. The first-order valence-corrected chi connectivity index (χ1v) is 10.3. The first-order chi connectivity index (χ1) is 12.8. The molecule has 0 aliphatic heterocycles. The minimum atomic E-state index is -1.17. The number of ether oxygens (including phenoxy) is 3. The molecule has 0 aromatic heterocycles. The number of rotatable bonds is 10. The van der Waals surface area contributed by atoms with Gasteiger partial charge in [0.15, 0.2) is 0 Å². The number of methoxy groups -OCH3 is 2. The molecule has 2 unspecified atom stereocenters. The van der Waals surface area contributed by atoms with Crippen molar-refractivity contribution in [2.75, 3.05) is 20.8 Å². The molecule has 0 aliphatic rings. The monoisotopic (exact) mass is 446 g/mol. The third-order valence-electron chi connectivity index (χ3n) is 4.09. The van der Waals surface area contributed by atoms with Crippen LogP contribution in [-0.2, 0) is 28.6 Å². The summed E-state index contributed by atoms with van der Waals surface area (Å²) in [5.41, 5.74) is 0. The van der Waals surface area contributed by atoms with Crippen LogP contribution in [-0.4, -0.2) is 64.9 Å². The summed E-state index contributed by atoms with van der Waals surface area (Å²) in [7, 11) is 2.35. The van der Waals surface area contributed by atoms with Crippen LogP contribution >= 0.6 is 0 Å². The number of carbonyl (C=O) groups is 3. The van der Waals surface area contributed by atoms with Crippen LogP contribution in [0, 0.1) is 5.92 Å². The fraction of sp³-hybridized carbons (Fsp3) is 0.526. The van der Waals surface area contributed by atoms with Crippen molar-refractivity contribution in [1.29, 1.82) is 0 Å². The molecule has 1 N–H and O–H groups in total. The average Bonchev–Trinajstić information content (AvgIpc) is 2.68. The maximum atomic E-state index is 12.6. The molecule has 0 bridgehead atoms. The number of benzene rings is 1. The van der Waals surface area contributed by atoms with Crippen LogP contribution in [0.4, 0.5) is 0 Å². The Morgan fingerprint density at radius 1 is 1.07 bits per heavy atom. The van der Waals surface area contributed by atoms with E-state index < -0.39 is 49.2 Å².